The maximum absolute atomic E-state index is 12.6. The van der Waals surface area contributed by atoms with Crippen LogP contribution in [-0.4, -0.2) is 72.4 Å². The Kier molecular flexibility index (Phi) is 5.57. The largest absolute Gasteiger partial charge is 0.353 e. The van der Waals surface area contributed by atoms with Crippen LogP contribution < -0.4 is 15.5 Å². The summed E-state index contributed by atoms with van der Waals surface area (Å²) in [5.41, 5.74) is 0.359. The number of amides is 1. The smallest absolute Gasteiger partial charge is 0.224 e. The van der Waals surface area contributed by atoms with E-state index in [-0.39, 0.29) is 11.8 Å². The van der Waals surface area contributed by atoms with E-state index in [9.17, 15) is 4.79 Å². The van der Waals surface area contributed by atoms with Crippen molar-refractivity contribution < 1.29 is 4.79 Å². The molecule has 4 aliphatic rings. The van der Waals surface area contributed by atoms with E-state index in [4.69, 9.17) is 5.26 Å². The van der Waals surface area contributed by atoms with Gasteiger partial charge in [0.2, 0.25) is 5.91 Å². The fraction of sp³-hybridized carbons (Fsp3) is 0.727. The molecular weight excluding hydrogens is 378 g/mol. The highest BCUT2D eigenvalue weighted by Crippen LogP contribution is 2.39. The third-order valence-corrected chi connectivity index (χ3v) is 7.62. The molecule has 3 saturated heterocycles. The van der Waals surface area contributed by atoms with Gasteiger partial charge in [0.15, 0.2) is 11.5 Å². The van der Waals surface area contributed by atoms with E-state index in [1.807, 2.05) is 12.1 Å². The number of nitriles is 1. The summed E-state index contributed by atoms with van der Waals surface area (Å²) in [6.07, 6.45) is 5.77. The fourth-order valence-electron chi connectivity index (χ4n) is 6.07. The van der Waals surface area contributed by atoms with Gasteiger partial charge in [-0.3, -0.25) is 9.69 Å². The third kappa shape index (κ3) is 3.88. The molecule has 0 radical (unpaired) electrons. The normalized spacial score (nSPS) is 34.4. The Hall–Kier alpha value is -2.24. The van der Waals surface area contributed by atoms with E-state index in [2.05, 4.69) is 30.6 Å². The van der Waals surface area contributed by atoms with Crippen LogP contribution in [0.25, 0.3) is 0 Å². The summed E-state index contributed by atoms with van der Waals surface area (Å²) in [5.74, 6) is 2.60. The summed E-state index contributed by atoms with van der Waals surface area (Å²) in [6.45, 7) is 6.09. The molecule has 0 aromatic carbocycles. The molecule has 5 rings (SSSR count). The van der Waals surface area contributed by atoms with Crippen molar-refractivity contribution in [2.45, 2.75) is 44.2 Å². The summed E-state index contributed by atoms with van der Waals surface area (Å²) < 4.78 is 0. The number of fused-ring (bicyclic) bond motifs is 3. The van der Waals surface area contributed by atoms with Crippen molar-refractivity contribution in [2.75, 3.05) is 44.2 Å². The van der Waals surface area contributed by atoms with Gasteiger partial charge in [0.25, 0.3) is 0 Å². The lowest BCUT2D eigenvalue weighted by atomic mass is 9.67. The number of carbonyl (C=O) groups is 1. The van der Waals surface area contributed by atoms with Crippen LogP contribution in [0.15, 0.2) is 12.1 Å². The van der Waals surface area contributed by atoms with Crippen molar-refractivity contribution in [3.63, 3.8) is 0 Å². The Balaban J connectivity index is 1.13. The van der Waals surface area contributed by atoms with Crippen LogP contribution in [-0.2, 0) is 4.79 Å². The maximum atomic E-state index is 12.6. The average molecular weight is 410 g/mol. The topological polar surface area (TPSA) is 97.2 Å². The van der Waals surface area contributed by atoms with Gasteiger partial charge in [0.05, 0.1) is 5.92 Å². The quantitative estimate of drug-likeness (QED) is 0.760. The highest BCUT2D eigenvalue weighted by Gasteiger charge is 2.47. The molecule has 4 heterocycles. The molecule has 1 aliphatic carbocycles. The lowest BCUT2D eigenvalue weighted by Gasteiger charge is -2.50. The number of piperazine rings is 1. The van der Waals surface area contributed by atoms with Crippen LogP contribution >= 0.6 is 0 Å². The number of nitrogens with zero attached hydrogens (tertiary/aromatic N) is 5. The van der Waals surface area contributed by atoms with Crippen LogP contribution in [0.2, 0.25) is 0 Å². The van der Waals surface area contributed by atoms with Crippen molar-refractivity contribution in [2.24, 2.45) is 17.8 Å². The van der Waals surface area contributed by atoms with Gasteiger partial charge in [-0.2, -0.15) is 5.26 Å². The second kappa shape index (κ2) is 8.48. The Morgan fingerprint density at radius 2 is 2.00 bits per heavy atom. The minimum atomic E-state index is 0.190. The Morgan fingerprint density at radius 1 is 1.13 bits per heavy atom. The van der Waals surface area contributed by atoms with Crippen LogP contribution in [0.4, 0.5) is 5.82 Å². The summed E-state index contributed by atoms with van der Waals surface area (Å²) in [5, 5.41) is 24.1. The van der Waals surface area contributed by atoms with Crippen molar-refractivity contribution in [3.8, 4) is 6.07 Å². The third-order valence-electron chi connectivity index (χ3n) is 7.62. The van der Waals surface area contributed by atoms with Gasteiger partial charge in [-0.05, 0) is 62.6 Å². The van der Waals surface area contributed by atoms with Crippen LogP contribution in [0.1, 0.15) is 37.8 Å². The molecule has 3 aliphatic heterocycles. The van der Waals surface area contributed by atoms with Gasteiger partial charge < -0.3 is 15.5 Å². The Bertz CT molecular complexity index is 799. The summed E-state index contributed by atoms with van der Waals surface area (Å²) in [6, 6.07) is 6.38. The molecule has 160 valence electrons. The highest BCUT2D eigenvalue weighted by atomic mass is 16.2. The molecule has 1 aromatic heterocycles. The molecule has 0 bridgehead atoms. The number of anilines is 1. The van der Waals surface area contributed by atoms with Gasteiger partial charge >= 0.3 is 0 Å². The SMILES string of the molecule is N#Cc1ccc(N2CCN(CC3CCC4C(C3)NC(=O)C3CCCNC34)CC2)nn1. The molecular formula is C22H31N7O. The number of hydrogen-bond acceptors (Lipinski definition) is 7. The van der Waals surface area contributed by atoms with Gasteiger partial charge in [0.1, 0.15) is 6.07 Å². The standard InChI is InChI=1S/C22H31N7O/c23-13-16-4-6-20(27-26-16)29-10-8-28(9-11-29)14-15-3-5-17-19(12-15)25-22(30)18-2-1-7-24-21(17)18/h4,6,15,17-19,21,24H,1-3,5,7-12,14H2,(H,25,30). The van der Waals surface area contributed by atoms with E-state index in [1.165, 1.54) is 12.8 Å². The van der Waals surface area contributed by atoms with Crippen molar-refractivity contribution >= 4 is 11.7 Å². The van der Waals surface area contributed by atoms with Crippen molar-refractivity contribution in [1.29, 1.82) is 5.26 Å². The molecule has 2 N–H and O–H groups in total. The van der Waals surface area contributed by atoms with Crippen LogP contribution in [0.5, 0.6) is 0 Å². The molecule has 8 nitrogen and oxygen atoms in total. The number of nitrogens with one attached hydrogen (secondary N) is 2. The summed E-state index contributed by atoms with van der Waals surface area (Å²) in [4.78, 5) is 17.4. The first-order chi connectivity index (χ1) is 14.7. The predicted molar refractivity (Wildman–Crippen MR) is 113 cm³/mol. The molecule has 30 heavy (non-hydrogen) atoms. The monoisotopic (exact) mass is 409 g/mol. The number of carbonyl (C=O) groups excluding carboxylic acids is 1. The van der Waals surface area contributed by atoms with Crippen molar-refractivity contribution in [1.82, 2.24) is 25.7 Å². The number of rotatable bonds is 3. The van der Waals surface area contributed by atoms with E-state index in [0.717, 1.165) is 64.3 Å². The minimum Gasteiger partial charge on any atom is -0.353 e. The van der Waals surface area contributed by atoms with Gasteiger partial charge in [-0.25, -0.2) is 0 Å². The lowest BCUT2D eigenvalue weighted by Crippen LogP contribution is -2.64. The Labute approximate surface area is 178 Å². The summed E-state index contributed by atoms with van der Waals surface area (Å²) >= 11 is 0. The lowest BCUT2D eigenvalue weighted by molar-refractivity contribution is -0.133. The van der Waals surface area contributed by atoms with Crippen LogP contribution in [0, 0.1) is 29.1 Å². The van der Waals surface area contributed by atoms with Gasteiger partial charge in [-0.1, -0.05) is 0 Å². The van der Waals surface area contributed by atoms with E-state index < -0.39 is 0 Å². The van der Waals surface area contributed by atoms with Gasteiger partial charge in [-0.15, -0.1) is 10.2 Å². The number of hydrogen-bond donors (Lipinski definition) is 2. The van der Waals surface area contributed by atoms with Crippen molar-refractivity contribution in [3.05, 3.63) is 17.8 Å². The van der Waals surface area contributed by atoms with Gasteiger partial charge in [0, 0.05) is 44.8 Å². The molecule has 4 fully saturated rings. The van der Waals surface area contributed by atoms with E-state index in [0.29, 0.717) is 29.6 Å². The molecule has 5 atom stereocenters. The summed E-state index contributed by atoms with van der Waals surface area (Å²) in [7, 11) is 0. The Morgan fingerprint density at radius 3 is 2.77 bits per heavy atom. The number of piperidine rings is 2. The number of aromatic nitrogens is 2. The maximum Gasteiger partial charge on any atom is 0.224 e. The van der Waals surface area contributed by atoms with E-state index >= 15 is 0 Å². The van der Waals surface area contributed by atoms with E-state index in [1.54, 1.807) is 6.07 Å². The molecule has 1 amide bonds. The zero-order chi connectivity index (χ0) is 20.5. The first kappa shape index (κ1) is 19.7. The fourth-order valence-corrected chi connectivity index (χ4v) is 6.07. The first-order valence-electron chi connectivity index (χ1n) is 11.5. The zero-order valence-corrected chi connectivity index (χ0v) is 17.5. The predicted octanol–water partition coefficient (Wildman–Crippen LogP) is 0.753. The second-order valence-corrected chi connectivity index (χ2v) is 9.36. The minimum absolute atomic E-state index is 0.190. The first-order valence-corrected chi connectivity index (χ1v) is 11.5. The average Bonchev–Trinajstić information content (AvgIpc) is 2.80. The molecule has 1 aromatic rings. The highest BCUT2D eigenvalue weighted by molar-refractivity contribution is 5.81. The zero-order valence-electron chi connectivity index (χ0n) is 17.5. The molecule has 8 heteroatoms. The molecule has 0 spiro atoms. The van der Waals surface area contributed by atoms with Crippen LogP contribution in [0.3, 0.4) is 0 Å². The molecule has 5 unspecified atom stereocenters. The second-order valence-electron chi connectivity index (χ2n) is 9.36. The molecule has 1 saturated carbocycles.